The minimum atomic E-state index is -0.0619. The number of rotatable bonds is 1. The zero-order valence-corrected chi connectivity index (χ0v) is 10.9. The first-order valence-corrected chi connectivity index (χ1v) is 7.20. The van der Waals surface area contributed by atoms with Crippen LogP contribution in [0.2, 0.25) is 0 Å². The molecule has 3 nitrogen and oxygen atoms in total. The minimum absolute atomic E-state index is 0.0619. The van der Waals surface area contributed by atoms with Crippen LogP contribution in [0.25, 0.3) is 0 Å². The van der Waals surface area contributed by atoms with Crippen LogP contribution in [-0.2, 0) is 14.3 Å². The van der Waals surface area contributed by atoms with E-state index < -0.39 is 0 Å². The van der Waals surface area contributed by atoms with Gasteiger partial charge in [-0.2, -0.15) is 0 Å². The second-order valence-corrected chi connectivity index (χ2v) is 6.56. The molecule has 0 bridgehead atoms. The molecule has 5 atom stereocenters. The summed E-state index contributed by atoms with van der Waals surface area (Å²) in [7, 11) is 0. The highest BCUT2D eigenvalue weighted by Crippen LogP contribution is 2.56. The average molecular weight is 248 g/mol. The van der Waals surface area contributed by atoms with Crippen molar-refractivity contribution >= 4 is 5.97 Å². The predicted molar refractivity (Wildman–Crippen MR) is 65.8 cm³/mol. The average Bonchev–Trinajstić information content (AvgIpc) is 2.86. The number of cyclic esters (lactones) is 1. The van der Waals surface area contributed by atoms with Gasteiger partial charge in [-0.1, -0.05) is 6.08 Å². The van der Waals surface area contributed by atoms with Crippen LogP contribution >= 0.6 is 0 Å². The van der Waals surface area contributed by atoms with Crippen LogP contribution < -0.4 is 0 Å². The van der Waals surface area contributed by atoms with Gasteiger partial charge in [0.05, 0.1) is 18.8 Å². The third kappa shape index (κ3) is 1.43. The van der Waals surface area contributed by atoms with Gasteiger partial charge in [0.2, 0.25) is 0 Å². The third-order valence-electron chi connectivity index (χ3n) is 5.64. The van der Waals surface area contributed by atoms with Crippen LogP contribution in [0.15, 0.2) is 11.6 Å². The molecule has 2 heterocycles. The number of ether oxygens (including phenoxy) is 2. The Morgan fingerprint density at radius 2 is 2.17 bits per heavy atom. The van der Waals surface area contributed by atoms with Crippen molar-refractivity contribution in [2.24, 2.45) is 23.7 Å². The first-order valence-electron chi connectivity index (χ1n) is 7.20. The second-order valence-electron chi connectivity index (χ2n) is 6.56. The molecule has 4 rings (SSSR count). The largest absolute Gasteiger partial charge is 0.462 e. The first-order chi connectivity index (χ1) is 8.69. The minimum Gasteiger partial charge on any atom is -0.462 e. The lowest BCUT2D eigenvalue weighted by molar-refractivity contribution is -0.135. The molecule has 0 aromatic carbocycles. The molecule has 3 fully saturated rings. The maximum absolute atomic E-state index is 11.8. The van der Waals surface area contributed by atoms with Crippen molar-refractivity contribution in [2.75, 3.05) is 13.2 Å². The van der Waals surface area contributed by atoms with Gasteiger partial charge in [0.1, 0.15) is 0 Å². The Labute approximate surface area is 108 Å². The van der Waals surface area contributed by atoms with Crippen molar-refractivity contribution in [1.29, 1.82) is 0 Å². The highest BCUT2D eigenvalue weighted by molar-refractivity contribution is 5.91. The van der Waals surface area contributed by atoms with E-state index in [1.165, 1.54) is 19.3 Å². The number of epoxide rings is 1. The fraction of sp³-hybridized carbons (Fsp3) is 0.800. The molecule has 4 aliphatic rings. The Hall–Kier alpha value is -0.830. The number of esters is 1. The van der Waals surface area contributed by atoms with Crippen molar-refractivity contribution in [3.8, 4) is 0 Å². The van der Waals surface area contributed by atoms with Crippen LogP contribution in [0.1, 0.15) is 32.6 Å². The summed E-state index contributed by atoms with van der Waals surface area (Å²) in [6.07, 6.45) is 7.01. The van der Waals surface area contributed by atoms with Gasteiger partial charge in [-0.25, -0.2) is 4.79 Å². The van der Waals surface area contributed by atoms with Gasteiger partial charge in [-0.3, -0.25) is 0 Å². The molecule has 1 saturated carbocycles. The Balaban J connectivity index is 1.69. The number of hydrogen-bond donors (Lipinski definition) is 0. The van der Waals surface area contributed by atoms with Crippen molar-refractivity contribution in [1.82, 2.24) is 0 Å². The summed E-state index contributed by atoms with van der Waals surface area (Å²) in [6.45, 7) is 3.76. The predicted octanol–water partition coefficient (Wildman–Crippen LogP) is 2.31. The fourth-order valence-corrected chi connectivity index (χ4v) is 4.59. The summed E-state index contributed by atoms with van der Waals surface area (Å²) in [5.41, 5.74) is 1.07. The Morgan fingerprint density at radius 3 is 2.94 bits per heavy atom. The van der Waals surface area contributed by atoms with Gasteiger partial charge in [0.25, 0.3) is 0 Å². The molecular formula is C15H20O3. The molecule has 0 spiro atoms. The summed E-state index contributed by atoms with van der Waals surface area (Å²) in [6, 6.07) is 0. The Kier molecular flexibility index (Phi) is 2.20. The van der Waals surface area contributed by atoms with Gasteiger partial charge in [0.15, 0.2) is 0 Å². The van der Waals surface area contributed by atoms with E-state index in [0.29, 0.717) is 24.4 Å². The van der Waals surface area contributed by atoms with Gasteiger partial charge in [0, 0.05) is 11.5 Å². The van der Waals surface area contributed by atoms with E-state index >= 15 is 0 Å². The van der Waals surface area contributed by atoms with Crippen molar-refractivity contribution in [2.45, 2.75) is 38.2 Å². The van der Waals surface area contributed by atoms with E-state index in [-0.39, 0.29) is 11.6 Å². The Bertz CT molecular complexity index is 421. The summed E-state index contributed by atoms with van der Waals surface area (Å²) >= 11 is 0. The molecular weight excluding hydrogens is 228 g/mol. The van der Waals surface area contributed by atoms with Crippen molar-refractivity contribution in [3.63, 3.8) is 0 Å². The van der Waals surface area contributed by atoms with Gasteiger partial charge in [-0.05, 0) is 50.4 Å². The van der Waals surface area contributed by atoms with Gasteiger partial charge in [-0.15, -0.1) is 0 Å². The molecule has 98 valence electrons. The van der Waals surface area contributed by atoms with Crippen LogP contribution in [0.4, 0.5) is 0 Å². The summed E-state index contributed by atoms with van der Waals surface area (Å²) < 4.78 is 11.0. The summed E-state index contributed by atoms with van der Waals surface area (Å²) in [4.78, 5) is 11.8. The first kappa shape index (κ1) is 11.0. The number of hydrogen-bond acceptors (Lipinski definition) is 3. The number of carbonyl (C=O) groups excluding carboxylic acids is 1. The van der Waals surface area contributed by atoms with Crippen LogP contribution in [0, 0.1) is 23.7 Å². The van der Waals surface area contributed by atoms with E-state index in [1.54, 1.807) is 0 Å². The monoisotopic (exact) mass is 248 g/mol. The highest BCUT2D eigenvalue weighted by atomic mass is 16.6. The van der Waals surface area contributed by atoms with E-state index in [0.717, 1.165) is 24.5 Å². The lowest BCUT2D eigenvalue weighted by Gasteiger charge is -2.30. The quantitative estimate of drug-likeness (QED) is 0.528. The second kappa shape index (κ2) is 3.60. The number of carbonyl (C=O) groups is 1. The third-order valence-corrected chi connectivity index (χ3v) is 5.64. The van der Waals surface area contributed by atoms with Crippen LogP contribution in [-0.4, -0.2) is 24.8 Å². The van der Waals surface area contributed by atoms with E-state index in [9.17, 15) is 4.79 Å². The maximum Gasteiger partial charge on any atom is 0.334 e. The van der Waals surface area contributed by atoms with Crippen molar-refractivity contribution < 1.29 is 14.3 Å². The molecule has 3 heteroatoms. The smallest absolute Gasteiger partial charge is 0.334 e. The van der Waals surface area contributed by atoms with E-state index in [4.69, 9.17) is 9.47 Å². The zero-order chi connectivity index (χ0) is 12.3. The van der Waals surface area contributed by atoms with Crippen LogP contribution in [0.5, 0.6) is 0 Å². The molecule has 0 amide bonds. The van der Waals surface area contributed by atoms with Gasteiger partial charge >= 0.3 is 5.97 Å². The number of fused-ring (bicyclic) bond motifs is 3. The molecule has 0 N–H and O–H groups in total. The molecule has 0 unspecified atom stereocenters. The molecule has 2 saturated heterocycles. The molecule has 18 heavy (non-hydrogen) atoms. The molecule has 0 radical (unpaired) electrons. The lowest BCUT2D eigenvalue weighted by atomic mass is 9.73. The van der Waals surface area contributed by atoms with E-state index in [1.807, 2.05) is 0 Å². The summed E-state index contributed by atoms with van der Waals surface area (Å²) in [5, 5.41) is 0. The highest BCUT2D eigenvalue weighted by Gasteiger charge is 2.57. The van der Waals surface area contributed by atoms with Gasteiger partial charge < -0.3 is 9.47 Å². The molecule has 0 aromatic rings. The molecule has 2 aliphatic carbocycles. The SMILES string of the molecule is C[C@@]1([C@H]2CC[C@@H]3CCC=C4C(=O)OC[C@@H]4[C@H]32)CO1. The van der Waals surface area contributed by atoms with Crippen LogP contribution in [0.3, 0.4) is 0 Å². The topological polar surface area (TPSA) is 38.8 Å². The van der Waals surface area contributed by atoms with Crippen molar-refractivity contribution in [3.05, 3.63) is 11.6 Å². The zero-order valence-electron chi connectivity index (χ0n) is 10.9. The molecule has 2 aliphatic heterocycles. The summed E-state index contributed by atoms with van der Waals surface area (Å²) in [5.74, 6) is 2.29. The lowest BCUT2D eigenvalue weighted by Crippen LogP contribution is -2.33. The number of allylic oxidation sites excluding steroid dienone is 1. The standard InChI is InChI=1S/C15H20O3/c1-15(8-18-15)12-6-5-9-3-2-4-10-11(13(9)12)7-17-14(10)16/h4,9,11-13H,2-3,5-8H2,1H3/t9-,11-,12-,13-,15-/m0/s1. The Morgan fingerprint density at radius 1 is 1.33 bits per heavy atom. The normalized spacial score (nSPS) is 50.1. The fourth-order valence-electron chi connectivity index (χ4n) is 4.59. The van der Waals surface area contributed by atoms with E-state index in [2.05, 4.69) is 13.0 Å². The molecule has 0 aromatic heterocycles. The maximum atomic E-state index is 11.8.